The number of hydrogen-bond donors (Lipinski definition) is 3. The van der Waals surface area contributed by atoms with Crippen molar-refractivity contribution in [3.05, 3.63) is 48.5 Å². The third-order valence-corrected chi connectivity index (χ3v) is 5.27. The van der Waals surface area contributed by atoms with E-state index >= 15 is 0 Å². The molecule has 2 fully saturated rings. The highest BCUT2D eigenvalue weighted by Crippen LogP contribution is 2.54. The van der Waals surface area contributed by atoms with E-state index in [0.29, 0.717) is 16.7 Å². The Balaban J connectivity index is 1.39. The summed E-state index contributed by atoms with van der Waals surface area (Å²) in [5.41, 5.74) is 5.78. The number of rotatable bonds is 3. The monoisotopic (exact) mass is 383 g/mol. The molecular weight excluding hydrogens is 366 g/mol. The van der Waals surface area contributed by atoms with E-state index in [4.69, 9.17) is 15.2 Å². The number of hydrogen-bond acceptors (Lipinski definition) is 9. The second-order valence-corrected chi connectivity index (χ2v) is 6.95. The molecule has 0 amide bonds. The summed E-state index contributed by atoms with van der Waals surface area (Å²) in [5, 5.41) is 21.1. The molecule has 10 nitrogen and oxygen atoms in total. The minimum absolute atomic E-state index is 0.201. The van der Waals surface area contributed by atoms with Crippen LogP contribution in [0.3, 0.4) is 0 Å². The minimum Gasteiger partial charge on any atom is -0.455 e. The van der Waals surface area contributed by atoms with Gasteiger partial charge in [0, 0.05) is 6.42 Å². The Morgan fingerprint density at radius 1 is 1.25 bits per heavy atom. The van der Waals surface area contributed by atoms with Gasteiger partial charge in [-0.3, -0.25) is 4.57 Å². The summed E-state index contributed by atoms with van der Waals surface area (Å²) in [6.45, 7) is 0. The number of nitrogen functional groups attached to an aromatic ring is 1. The largest absolute Gasteiger partial charge is 0.455 e. The zero-order chi connectivity index (χ0) is 19.5. The van der Waals surface area contributed by atoms with Gasteiger partial charge in [-0.1, -0.05) is 18.2 Å². The standard InChI is InChI=1S/C18H17N5O5/c19-14-11-15(21-7-20-14)23(8-22-11)16-12(24)13(25)18(28-16)6-10(18)27-17(26)9-4-2-1-3-5-9/h1-5,7-8,10,12-13,16,24-25H,6H2,(H2,19,20,21)/t10-,12+,13?,16?,18-/m1/s1. The van der Waals surface area contributed by atoms with Gasteiger partial charge < -0.3 is 25.4 Å². The predicted octanol–water partition coefficient (Wildman–Crippen LogP) is 0.0272. The number of anilines is 1. The highest BCUT2D eigenvalue weighted by Gasteiger charge is 2.71. The van der Waals surface area contributed by atoms with E-state index in [1.54, 1.807) is 30.3 Å². The molecule has 4 N–H and O–H groups in total. The van der Waals surface area contributed by atoms with Crippen LogP contribution in [0.5, 0.6) is 0 Å². The summed E-state index contributed by atoms with van der Waals surface area (Å²) >= 11 is 0. The molecule has 144 valence electrons. The number of aliphatic hydroxyl groups is 2. The molecule has 5 atom stereocenters. The van der Waals surface area contributed by atoms with Gasteiger partial charge in [0.2, 0.25) is 0 Å². The Kier molecular flexibility index (Phi) is 3.63. The van der Waals surface area contributed by atoms with E-state index in [0.717, 1.165) is 0 Å². The number of aromatic nitrogens is 4. The first-order chi connectivity index (χ1) is 13.5. The van der Waals surface area contributed by atoms with Crippen LogP contribution in [-0.4, -0.2) is 59.6 Å². The van der Waals surface area contributed by atoms with Crippen molar-refractivity contribution in [2.45, 2.75) is 36.6 Å². The van der Waals surface area contributed by atoms with Crippen molar-refractivity contribution in [3.63, 3.8) is 0 Å². The Morgan fingerprint density at radius 2 is 2.04 bits per heavy atom. The van der Waals surface area contributed by atoms with Gasteiger partial charge >= 0.3 is 5.97 Å². The predicted molar refractivity (Wildman–Crippen MR) is 94.9 cm³/mol. The summed E-state index contributed by atoms with van der Waals surface area (Å²) in [7, 11) is 0. The van der Waals surface area contributed by atoms with Crippen molar-refractivity contribution < 1.29 is 24.5 Å². The lowest BCUT2D eigenvalue weighted by Crippen LogP contribution is -2.35. The number of carbonyl (C=O) groups excluding carboxylic acids is 1. The van der Waals surface area contributed by atoms with E-state index in [1.807, 2.05) is 0 Å². The van der Waals surface area contributed by atoms with Gasteiger partial charge in [0.05, 0.1) is 11.9 Å². The first-order valence-corrected chi connectivity index (χ1v) is 8.74. The highest BCUT2D eigenvalue weighted by molar-refractivity contribution is 5.89. The number of fused-ring (bicyclic) bond motifs is 1. The van der Waals surface area contributed by atoms with Gasteiger partial charge in [-0.05, 0) is 12.1 Å². The first kappa shape index (κ1) is 17.0. The Hall–Kier alpha value is -3.08. The van der Waals surface area contributed by atoms with E-state index in [-0.39, 0.29) is 12.2 Å². The maximum Gasteiger partial charge on any atom is 0.338 e. The van der Waals surface area contributed by atoms with E-state index in [9.17, 15) is 15.0 Å². The molecule has 1 saturated carbocycles. The van der Waals surface area contributed by atoms with Gasteiger partial charge in [-0.15, -0.1) is 0 Å². The molecule has 1 aliphatic heterocycles. The smallest absolute Gasteiger partial charge is 0.338 e. The van der Waals surface area contributed by atoms with Crippen LogP contribution in [-0.2, 0) is 9.47 Å². The van der Waals surface area contributed by atoms with Gasteiger partial charge in [0.25, 0.3) is 0 Å². The van der Waals surface area contributed by atoms with Crippen molar-refractivity contribution >= 4 is 23.0 Å². The van der Waals surface area contributed by atoms with Crippen LogP contribution < -0.4 is 5.73 Å². The van der Waals surface area contributed by atoms with Crippen molar-refractivity contribution in [3.8, 4) is 0 Å². The van der Waals surface area contributed by atoms with Crippen LogP contribution >= 0.6 is 0 Å². The summed E-state index contributed by atoms with van der Waals surface area (Å²) in [6.07, 6.45) is -1.12. The second kappa shape index (κ2) is 5.96. The number of esters is 1. The average Bonchev–Trinajstić information content (AvgIpc) is 3.10. The third-order valence-electron chi connectivity index (χ3n) is 5.27. The molecule has 1 aromatic carbocycles. The fraction of sp³-hybridized carbons (Fsp3) is 0.333. The molecule has 2 aliphatic rings. The van der Waals surface area contributed by atoms with Crippen LogP contribution in [0.1, 0.15) is 23.0 Å². The van der Waals surface area contributed by atoms with E-state index in [1.165, 1.54) is 17.2 Å². The van der Waals surface area contributed by atoms with Crippen LogP contribution in [0.2, 0.25) is 0 Å². The molecule has 1 spiro atoms. The summed E-state index contributed by atoms with van der Waals surface area (Å²) < 4.78 is 12.9. The molecule has 2 aromatic heterocycles. The molecule has 10 heteroatoms. The molecule has 3 aromatic rings. The first-order valence-electron chi connectivity index (χ1n) is 8.74. The van der Waals surface area contributed by atoms with Gasteiger partial charge in [0.15, 0.2) is 17.7 Å². The normalized spacial score (nSPS) is 31.4. The summed E-state index contributed by atoms with van der Waals surface area (Å²) in [5.74, 6) is -0.308. The number of imidazole rings is 1. The second-order valence-electron chi connectivity index (χ2n) is 6.95. The van der Waals surface area contributed by atoms with E-state index in [2.05, 4.69) is 15.0 Å². The quantitative estimate of drug-likeness (QED) is 0.533. The average molecular weight is 383 g/mol. The summed E-state index contributed by atoms with van der Waals surface area (Å²) in [4.78, 5) is 24.4. The number of aliphatic hydroxyl groups excluding tert-OH is 2. The van der Waals surface area contributed by atoms with Gasteiger partial charge in [-0.25, -0.2) is 19.7 Å². The Labute approximate surface area is 158 Å². The van der Waals surface area contributed by atoms with Gasteiger partial charge in [-0.2, -0.15) is 0 Å². The molecule has 0 radical (unpaired) electrons. The molecule has 1 saturated heterocycles. The Bertz CT molecular complexity index is 1060. The van der Waals surface area contributed by atoms with Crippen molar-refractivity contribution in [2.24, 2.45) is 0 Å². The summed E-state index contributed by atoms with van der Waals surface area (Å²) in [6, 6.07) is 8.55. The van der Waals surface area contributed by atoms with Crippen molar-refractivity contribution in [2.75, 3.05) is 5.73 Å². The van der Waals surface area contributed by atoms with E-state index < -0.39 is 36.1 Å². The lowest BCUT2D eigenvalue weighted by Gasteiger charge is -2.16. The maximum atomic E-state index is 12.3. The molecule has 3 heterocycles. The molecule has 0 bridgehead atoms. The fourth-order valence-electron chi connectivity index (χ4n) is 3.67. The van der Waals surface area contributed by atoms with Crippen LogP contribution in [0, 0.1) is 0 Å². The maximum absolute atomic E-state index is 12.3. The number of carbonyl (C=O) groups is 1. The SMILES string of the molecule is Nc1ncnc2c1ncn2C1O[C@@]2(C[C@H]2OC(=O)c2ccccc2)C(O)[C@@H]1O. The Morgan fingerprint density at radius 3 is 2.82 bits per heavy atom. The lowest BCUT2D eigenvalue weighted by atomic mass is 10.1. The lowest BCUT2D eigenvalue weighted by molar-refractivity contribution is -0.0669. The third kappa shape index (κ3) is 2.39. The molecule has 5 rings (SSSR count). The molecule has 28 heavy (non-hydrogen) atoms. The highest BCUT2D eigenvalue weighted by atomic mass is 16.6. The zero-order valence-corrected chi connectivity index (χ0v) is 14.5. The topological polar surface area (TPSA) is 146 Å². The van der Waals surface area contributed by atoms with Crippen molar-refractivity contribution in [1.29, 1.82) is 0 Å². The minimum atomic E-state index is -1.26. The fourth-order valence-corrected chi connectivity index (χ4v) is 3.67. The zero-order valence-electron chi connectivity index (χ0n) is 14.5. The number of benzene rings is 1. The molecule has 1 aliphatic carbocycles. The van der Waals surface area contributed by atoms with Gasteiger partial charge in [0.1, 0.15) is 35.8 Å². The molecular formula is C18H17N5O5. The number of ether oxygens (including phenoxy) is 2. The number of nitrogens with zero attached hydrogens (tertiary/aromatic N) is 4. The van der Waals surface area contributed by atoms with Crippen molar-refractivity contribution in [1.82, 2.24) is 19.5 Å². The number of nitrogens with two attached hydrogens (primary N) is 1. The molecule has 2 unspecified atom stereocenters. The van der Waals surface area contributed by atoms with Crippen LogP contribution in [0.4, 0.5) is 5.82 Å². The van der Waals surface area contributed by atoms with Crippen LogP contribution in [0.15, 0.2) is 43.0 Å². The van der Waals surface area contributed by atoms with Crippen LogP contribution in [0.25, 0.3) is 11.2 Å².